The molecule has 0 saturated carbocycles. The summed E-state index contributed by atoms with van der Waals surface area (Å²) < 4.78 is 5.27. The normalized spacial score (nSPS) is 11.4. The summed E-state index contributed by atoms with van der Waals surface area (Å²) in [5.41, 5.74) is 1.81. The zero-order valence-electron chi connectivity index (χ0n) is 13.9. The van der Waals surface area contributed by atoms with Crippen molar-refractivity contribution in [2.45, 2.75) is 25.9 Å². The Labute approximate surface area is 142 Å². The van der Waals surface area contributed by atoms with Crippen LogP contribution in [0.4, 0.5) is 0 Å². The van der Waals surface area contributed by atoms with Gasteiger partial charge in [0, 0.05) is 19.0 Å². The van der Waals surface area contributed by atoms with Crippen molar-refractivity contribution < 1.29 is 14.3 Å². The van der Waals surface area contributed by atoms with Gasteiger partial charge in [0.25, 0.3) is 0 Å². The maximum Gasteiger partial charge on any atom is 0.222 e. The summed E-state index contributed by atoms with van der Waals surface area (Å²) in [6.45, 7) is 1.83. The van der Waals surface area contributed by atoms with Gasteiger partial charge in [0.05, 0.1) is 19.6 Å². The molecule has 0 saturated heterocycles. The van der Waals surface area contributed by atoms with Gasteiger partial charge in [0.1, 0.15) is 5.75 Å². The van der Waals surface area contributed by atoms with Crippen molar-refractivity contribution in [3.05, 3.63) is 65.7 Å². The summed E-state index contributed by atoms with van der Waals surface area (Å²) >= 11 is 0. The average Bonchev–Trinajstić information content (AvgIpc) is 2.60. The van der Waals surface area contributed by atoms with E-state index in [2.05, 4.69) is 10.6 Å². The fourth-order valence-electron chi connectivity index (χ4n) is 2.48. The quantitative estimate of drug-likeness (QED) is 0.822. The summed E-state index contributed by atoms with van der Waals surface area (Å²) in [4.78, 5) is 23.7. The summed E-state index contributed by atoms with van der Waals surface area (Å²) in [6, 6.07) is 16.7. The number of carbonyl (C=O) groups excluding carboxylic acids is 2. The van der Waals surface area contributed by atoms with E-state index in [1.165, 1.54) is 6.92 Å². The molecule has 0 radical (unpaired) electrons. The fraction of sp³-hybridized carbons (Fsp3) is 0.263. The van der Waals surface area contributed by atoms with E-state index in [0.717, 1.165) is 16.9 Å². The summed E-state index contributed by atoms with van der Waals surface area (Å²) in [6.07, 6.45) is 0.179. The highest BCUT2D eigenvalue weighted by Gasteiger charge is 2.17. The van der Waals surface area contributed by atoms with Crippen molar-refractivity contribution >= 4 is 11.8 Å². The van der Waals surface area contributed by atoms with Crippen molar-refractivity contribution in [3.8, 4) is 5.75 Å². The lowest BCUT2D eigenvalue weighted by Gasteiger charge is -2.18. The molecule has 2 rings (SSSR count). The highest BCUT2D eigenvalue weighted by atomic mass is 16.5. The van der Waals surface area contributed by atoms with Gasteiger partial charge in [-0.15, -0.1) is 0 Å². The van der Waals surface area contributed by atoms with Crippen LogP contribution in [0.1, 0.15) is 30.5 Å². The van der Waals surface area contributed by atoms with Crippen LogP contribution in [0, 0.1) is 0 Å². The van der Waals surface area contributed by atoms with Crippen LogP contribution in [-0.2, 0) is 16.1 Å². The minimum atomic E-state index is -0.346. The maximum absolute atomic E-state index is 12.3. The molecule has 2 aromatic carbocycles. The zero-order chi connectivity index (χ0) is 17.4. The van der Waals surface area contributed by atoms with Gasteiger partial charge >= 0.3 is 0 Å². The average molecular weight is 326 g/mol. The molecule has 2 amide bonds. The molecular weight excluding hydrogens is 304 g/mol. The third-order valence-corrected chi connectivity index (χ3v) is 3.64. The second-order valence-corrected chi connectivity index (χ2v) is 5.46. The van der Waals surface area contributed by atoms with E-state index in [0.29, 0.717) is 6.54 Å². The molecule has 5 nitrogen and oxygen atoms in total. The number of amides is 2. The number of nitrogens with one attached hydrogen (secondary N) is 2. The molecule has 2 aromatic rings. The van der Waals surface area contributed by atoms with E-state index in [4.69, 9.17) is 4.74 Å². The van der Waals surface area contributed by atoms with Crippen molar-refractivity contribution in [1.82, 2.24) is 10.6 Å². The third-order valence-electron chi connectivity index (χ3n) is 3.64. The second-order valence-electron chi connectivity index (χ2n) is 5.46. The first-order valence-corrected chi connectivity index (χ1v) is 7.80. The number of para-hydroxylation sites is 1. The third kappa shape index (κ3) is 5.12. The van der Waals surface area contributed by atoms with Gasteiger partial charge in [0.15, 0.2) is 0 Å². The smallest absolute Gasteiger partial charge is 0.222 e. The number of methoxy groups -OCH3 is 1. The van der Waals surface area contributed by atoms with Crippen molar-refractivity contribution in [2.24, 2.45) is 0 Å². The molecule has 0 spiro atoms. The molecule has 126 valence electrons. The first-order chi connectivity index (χ1) is 11.6. The van der Waals surface area contributed by atoms with Crippen LogP contribution in [-0.4, -0.2) is 18.9 Å². The SMILES string of the molecule is COc1ccccc1CNC(=O)C[C@@H](NC(C)=O)c1ccccc1. The lowest BCUT2D eigenvalue weighted by Crippen LogP contribution is -2.32. The van der Waals surface area contributed by atoms with E-state index in [1.54, 1.807) is 7.11 Å². The molecule has 1 atom stereocenters. The first kappa shape index (κ1) is 17.5. The van der Waals surface area contributed by atoms with Gasteiger partial charge < -0.3 is 15.4 Å². The molecule has 0 aliphatic carbocycles. The molecule has 0 aromatic heterocycles. The Bertz CT molecular complexity index is 686. The minimum Gasteiger partial charge on any atom is -0.496 e. The maximum atomic E-state index is 12.3. The monoisotopic (exact) mass is 326 g/mol. The Morgan fingerprint density at radius 1 is 1.04 bits per heavy atom. The molecule has 0 fully saturated rings. The Hall–Kier alpha value is -2.82. The van der Waals surface area contributed by atoms with Crippen molar-refractivity contribution in [1.29, 1.82) is 0 Å². The van der Waals surface area contributed by atoms with Gasteiger partial charge in [-0.2, -0.15) is 0 Å². The molecule has 0 bridgehead atoms. The topological polar surface area (TPSA) is 67.4 Å². The summed E-state index contributed by atoms with van der Waals surface area (Å²) in [5, 5.41) is 5.70. The zero-order valence-corrected chi connectivity index (χ0v) is 13.9. The molecule has 0 heterocycles. The predicted octanol–water partition coefficient (Wildman–Crippen LogP) is 2.58. The Morgan fingerprint density at radius 3 is 2.38 bits per heavy atom. The Kier molecular flexibility index (Phi) is 6.37. The second kappa shape index (κ2) is 8.72. The van der Waals surface area contributed by atoms with E-state index in [9.17, 15) is 9.59 Å². The number of carbonyl (C=O) groups is 2. The van der Waals surface area contributed by atoms with E-state index in [-0.39, 0.29) is 24.3 Å². The Balaban J connectivity index is 1.99. The van der Waals surface area contributed by atoms with Gasteiger partial charge in [-0.05, 0) is 11.6 Å². The largest absolute Gasteiger partial charge is 0.496 e. The van der Waals surface area contributed by atoms with Crippen LogP contribution in [0.25, 0.3) is 0 Å². The standard InChI is InChI=1S/C19H22N2O3/c1-14(22)21-17(15-8-4-3-5-9-15)12-19(23)20-13-16-10-6-7-11-18(16)24-2/h3-11,17H,12-13H2,1-2H3,(H,20,23)(H,21,22)/t17-/m1/s1. The minimum absolute atomic E-state index is 0.136. The lowest BCUT2D eigenvalue weighted by atomic mass is 10.0. The van der Waals surface area contributed by atoms with E-state index in [1.807, 2.05) is 54.6 Å². The predicted molar refractivity (Wildman–Crippen MR) is 92.5 cm³/mol. The molecule has 5 heteroatoms. The molecule has 0 unspecified atom stereocenters. The van der Waals surface area contributed by atoms with Crippen molar-refractivity contribution in [3.63, 3.8) is 0 Å². The van der Waals surface area contributed by atoms with Crippen molar-refractivity contribution in [2.75, 3.05) is 7.11 Å². The molecular formula is C19H22N2O3. The van der Waals surface area contributed by atoms with E-state index >= 15 is 0 Å². The van der Waals surface area contributed by atoms with Crippen LogP contribution >= 0.6 is 0 Å². The van der Waals surface area contributed by atoms with Gasteiger partial charge in [-0.1, -0.05) is 48.5 Å². The molecule has 2 N–H and O–H groups in total. The van der Waals surface area contributed by atoms with Gasteiger partial charge in [0.2, 0.25) is 11.8 Å². The van der Waals surface area contributed by atoms with Gasteiger partial charge in [-0.25, -0.2) is 0 Å². The number of rotatable bonds is 7. The lowest BCUT2D eigenvalue weighted by molar-refractivity contribution is -0.122. The summed E-state index contributed by atoms with van der Waals surface area (Å²) in [7, 11) is 1.60. The number of hydrogen-bond donors (Lipinski definition) is 2. The fourth-order valence-corrected chi connectivity index (χ4v) is 2.48. The van der Waals surface area contributed by atoms with E-state index < -0.39 is 0 Å². The highest BCUT2D eigenvalue weighted by molar-refractivity contribution is 5.79. The van der Waals surface area contributed by atoms with Crippen LogP contribution in [0.3, 0.4) is 0 Å². The number of benzene rings is 2. The van der Waals surface area contributed by atoms with Crippen LogP contribution in [0.15, 0.2) is 54.6 Å². The first-order valence-electron chi connectivity index (χ1n) is 7.80. The van der Waals surface area contributed by atoms with Crippen LogP contribution < -0.4 is 15.4 Å². The van der Waals surface area contributed by atoms with Crippen LogP contribution in [0.2, 0.25) is 0 Å². The van der Waals surface area contributed by atoms with Crippen LogP contribution in [0.5, 0.6) is 5.75 Å². The highest BCUT2D eigenvalue weighted by Crippen LogP contribution is 2.18. The number of ether oxygens (including phenoxy) is 1. The molecule has 24 heavy (non-hydrogen) atoms. The molecule has 0 aliphatic rings. The summed E-state index contributed by atoms with van der Waals surface area (Å²) in [5.74, 6) is 0.434. The Morgan fingerprint density at radius 2 is 1.71 bits per heavy atom. The van der Waals surface area contributed by atoms with Gasteiger partial charge in [-0.3, -0.25) is 9.59 Å². The number of hydrogen-bond acceptors (Lipinski definition) is 3. The molecule has 0 aliphatic heterocycles.